The maximum atomic E-state index is 11.2. The van der Waals surface area contributed by atoms with Gasteiger partial charge >= 0.3 is 5.97 Å². The molecule has 0 bridgehead atoms. The number of hydrogen-bond donors (Lipinski definition) is 2. The van der Waals surface area contributed by atoms with Gasteiger partial charge in [0, 0.05) is 12.6 Å². The van der Waals surface area contributed by atoms with Gasteiger partial charge in [-0.3, -0.25) is 4.79 Å². The number of piperidine rings is 1. The van der Waals surface area contributed by atoms with Crippen molar-refractivity contribution >= 4 is 5.97 Å². The summed E-state index contributed by atoms with van der Waals surface area (Å²) in [5.41, 5.74) is 0. The summed E-state index contributed by atoms with van der Waals surface area (Å²) in [5.74, 6) is 0.200. The Kier molecular flexibility index (Phi) is 5.01. The van der Waals surface area contributed by atoms with E-state index in [0.717, 1.165) is 44.8 Å². The summed E-state index contributed by atoms with van der Waals surface area (Å²) >= 11 is 0. The highest BCUT2D eigenvalue weighted by molar-refractivity contribution is 5.73. The van der Waals surface area contributed by atoms with Gasteiger partial charge in [0.25, 0.3) is 0 Å². The van der Waals surface area contributed by atoms with Crippen molar-refractivity contribution in [3.05, 3.63) is 0 Å². The molecule has 1 aliphatic carbocycles. The van der Waals surface area contributed by atoms with Gasteiger partial charge in [0.15, 0.2) is 0 Å². The van der Waals surface area contributed by atoms with Gasteiger partial charge in [-0.15, -0.1) is 0 Å². The number of nitrogens with zero attached hydrogens (tertiary/aromatic N) is 1. The normalized spacial score (nSPS) is 24.1. The minimum atomic E-state index is -0.689. The van der Waals surface area contributed by atoms with Gasteiger partial charge < -0.3 is 15.3 Å². The molecular formula is C14H26N2O2. The predicted molar refractivity (Wildman–Crippen MR) is 71.7 cm³/mol. The van der Waals surface area contributed by atoms with Crippen molar-refractivity contribution in [3.8, 4) is 0 Å². The van der Waals surface area contributed by atoms with Crippen LogP contribution in [0.3, 0.4) is 0 Å². The third-order valence-corrected chi connectivity index (χ3v) is 4.33. The van der Waals surface area contributed by atoms with E-state index in [1.54, 1.807) is 0 Å². The van der Waals surface area contributed by atoms with Gasteiger partial charge in [-0.05, 0) is 51.1 Å². The fourth-order valence-corrected chi connectivity index (χ4v) is 2.74. The van der Waals surface area contributed by atoms with Gasteiger partial charge in [0.05, 0.1) is 0 Å². The summed E-state index contributed by atoms with van der Waals surface area (Å²) in [6.07, 6.45) is 6.88. The van der Waals surface area contributed by atoms with E-state index in [0.29, 0.717) is 6.04 Å². The van der Waals surface area contributed by atoms with Crippen LogP contribution in [0, 0.1) is 5.92 Å². The Morgan fingerprint density at radius 3 is 2.50 bits per heavy atom. The molecule has 104 valence electrons. The Labute approximate surface area is 110 Å². The zero-order chi connectivity index (χ0) is 13.0. The summed E-state index contributed by atoms with van der Waals surface area (Å²) < 4.78 is 0. The van der Waals surface area contributed by atoms with E-state index in [2.05, 4.69) is 17.1 Å². The van der Waals surface area contributed by atoms with E-state index in [1.165, 1.54) is 19.3 Å². The van der Waals surface area contributed by atoms with Crippen LogP contribution in [0.25, 0.3) is 0 Å². The van der Waals surface area contributed by atoms with Crippen LogP contribution in [0.15, 0.2) is 0 Å². The standard InChI is InChI=1S/C14H26N2O2/c1-2-11-5-8-16(9-6-11)10-7-13(14(17)18)15-12-3-4-12/h11-13,15H,2-10H2,1H3,(H,17,18). The summed E-state index contributed by atoms with van der Waals surface area (Å²) in [4.78, 5) is 13.6. The lowest BCUT2D eigenvalue weighted by molar-refractivity contribution is -0.139. The van der Waals surface area contributed by atoms with Crippen LogP contribution in [0.4, 0.5) is 0 Å². The fraction of sp³-hybridized carbons (Fsp3) is 0.929. The van der Waals surface area contributed by atoms with Crippen molar-refractivity contribution < 1.29 is 9.90 Å². The van der Waals surface area contributed by atoms with Crippen LogP contribution in [0.5, 0.6) is 0 Å². The lowest BCUT2D eigenvalue weighted by Gasteiger charge is -2.32. The Morgan fingerprint density at radius 1 is 1.33 bits per heavy atom. The van der Waals surface area contributed by atoms with E-state index in [-0.39, 0.29) is 6.04 Å². The zero-order valence-electron chi connectivity index (χ0n) is 11.4. The molecular weight excluding hydrogens is 228 g/mol. The van der Waals surface area contributed by atoms with E-state index in [1.807, 2.05) is 0 Å². The molecule has 0 aromatic rings. The predicted octanol–water partition coefficient (Wildman–Crippen LogP) is 1.70. The number of aliphatic carboxylic acids is 1. The molecule has 0 aromatic heterocycles. The molecule has 2 aliphatic rings. The number of rotatable bonds is 7. The van der Waals surface area contributed by atoms with Gasteiger partial charge in [-0.1, -0.05) is 13.3 Å². The lowest BCUT2D eigenvalue weighted by atomic mass is 9.94. The third kappa shape index (κ3) is 4.25. The van der Waals surface area contributed by atoms with E-state index < -0.39 is 5.97 Å². The molecule has 2 N–H and O–H groups in total. The van der Waals surface area contributed by atoms with Crippen LogP contribution in [0.2, 0.25) is 0 Å². The number of nitrogens with one attached hydrogen (secondary N) is 1. The van der Waals surface area contributed by atoms with Gasteiger partial charge in [-0.25, -0.2) is 0 Å². The summed E-state index contributed by atoms with van der Waals surface area (Å²) in [6, 6.07) is 0.123. The van der Waals surface area contributed by atoms with Gasteiger partial charge in [0.2, 0.25) is 0 Å². The van der Waals surface area contributed by atoms with Crippen molar-refractivity contribution in [1.82, 2.24) is 10.2 Å². The number of carboxylic acids is 1. The molecule has 1 heterocycles. The second-order valence-electron chi connectivity index (χ2n) is 5.81. The van der Waals surface area contributed by atoms with Gasteiger partial charge in [0.1, 0.15) is 6.04 Å². The van der Waals surface area contributed by atoms with Crippen LogP contribution >= 0.6 is 0 Å². The van der Waals surface area contributed by atoms with E-state index in [4.69, 9.17) is 0 Å². The van der Waals surface area contributed by atoms with Crippen LogP contribution in [-0.4, -0.2) is 47.7 Å². The average Bonchev–Trinajstić information content (AvgIpc) is 3.18. The number of hydrogen-bond acceptors (Lipinski definition) is 3. The molecule has 2 rings (SSSR count). The summed E-state index contributed by atoms with van der Waals surface area (Å²) in [7, 11) is 0. The van der Waals surface area contributed by atoms with Gasteiger partial charge in [-0.2, -0.15) is 0 Å². The highest BCUT2D eigenvalue weighted by Gasteiger charge is 2.28. The second-order valence-corrected chi connectivity index (χ2v) is 5.81. The topological polar surface area (TPSA) is 52.6 Å². The van der Waals surface area contributed by atoms with Crippen molar-refractivity contribution in [2.24, 2.45) is 5.92 Å². The Hall–Kier alpha value is -0.610. The molecule has 0 radical (unpaired) electrons. The Bertz CT molecular complexity index is 271. The smallest absolute Gasteiger partial charge is 0.320 e. The maximum Gasteiger partial charge on any atom is 0.320 e. The highest BCUT2D eigenvalue weighted by atomic mass is 16.4. The van der Waals surface area contributed by atoms with Crippen molar-refractivity contribution in [2.45, 2.75) is 57.5 Å². The molecule has 4 nitrogen and oxygen atoms in total. The van der Waals surface area contributed by atoms with Crippen molar-refractivity contribution in [3.63, 3.8) is 0 Å². The molecule has 0 amide bonds. The molecule has 1 aliphatic heterocycles. The maximum absolute atomic E-state index is 11.2. The number of carboxylic acid groups (broad SMARTS) is 1. The summed E-state index contributed by atoms with van der Waals surface area (Å²) in [6.45, 7) is 5.48. The zero-order valence-corrected chi connectivity index (χ0v) is 11.4. The molecule has 1 saturated carbocycles. The molecule has 4 heteroatoms. The minimum absolute atomic E-state index is 0.346. The first-order valence-electron chi connectivity index (χ1n) is 7.40. The molecule has 1 atom stereocenters. The first-order valence-corrected chi connectivity index (χ1v) is 7.40. The Morgan fingerprint density at radius 2 is 2.00 bits per heavy atom. The highest BCUT2D eigenvalue weighted by Crippen LogP contribution is 2.22. The molecule has 18 heavy (non-hydrogen) atoms. The monoisotopic (exact) mass is 254 g/mol. The second kappa shape index (κ2) is 6.53. The number of likely N-dealkylation sites (tertiary alicyclic amines) is 1. The van der Waals surface area contributed by atoms with Crippen molar-refractivity contribution in [1.29, 1.82) is 0 Å². The fourth-order valence-electron chi connectivity index (χ4n) is 2.74. The van der Waals surface area contributed by atoms with E-state index >= 15 is 0 Å². The molecule has 0 aromatic carbocycles. The minimum Gasteiger partial charge on any atom is -0.480 e. The summed E-state index contributed by atoms with van der Waals surface area (Å²) in [5, 5.41) is 12.4. The quantitative estimate of drug-likeness (QED) is 0.726. The first-order chi connectivity index (χ1) is 8.69. The largest absolute Gasteiger partial charge is 0.480 e. The van der Waals surface area contributed by atoms with Crippen LogP contribution in [-0.2, 0) is 4.79 Å². The van der Waals surface area contributed by atoms with E-state index in [9.17, 15) is 9.90 Å². The van der Waals surface area contributed by atoms with Crippen LogP contribution < -0.4 is 5.32 Å². The molecule has 2 fully saturated rings. The molecule has 1 saturated heterocycles. The van der Waals surface area contributed by atoms with Crippen LogP contribution in [0.1, 0.15) is 45.4 Å². The average molecular weight is 254 g/mol. The Balaban J connectivity index is 1.67. The van der Waals surface area contributed by atoms with Crippen molar-refractivity contribution in [2.75, 3.05) is 19.6 Å². The molecule has 1 unspecified atom stereocenters. The lowest BCUT2D eigenvalue weighted by Crippen LogP contribution is -2.42. The third-order valence-electron chi connectivity index (χ3n) is 4.33. The SMILES string of the molecule is CCC1CCN(CCC(NC2CC2)C(=O)O)CC1. The molecule has 0 spiro atoms. The first kappa shape index (κ1) is 13.8. The number of carbonyl (C=O) groups is 1.